The second kappa shape index (κ2) is 3.32. The van der Waals surface area contributed by atoms with Crippen molar-refractivity contribution in [2.24, 2.45) is 15.0 Å². The molecule has 0 aromatic carbocycles. The molecule has 0 bridgehead atoms. The topological polar surface area (TPSA) is 37.1 Å². The second-order valence-electron chi connectivity index (χ2n) is 1.45. The average Bonchev–Trinajstić information content (AvgIpc) is 1.93. The monoisotopic (exact) mass is 197 g/mol. The maximum absolute atomic E-state index is 5.50. The third-order valence-electron chi connectivity index (χ3n) is 0.738. The normalized spacial score (nSPS) is 18.9. The van der Waals surface area contributed by atoms with Crippen LogP contribution in [-0.4, -0.2) is 22.3 Å². The van der Waals surface area contributed by atoms with Crippen LogP contribution in [0, 0.1) is 0 Å². The Balaban J connectivity index is 2.90. The van der Waals surface area contributed by atoms with Crippen molar-refractivity contribution in [1.82, 2.24) is 0 Å². The van der Waals surface area contributed by atoms with E-state index in [4.69, 9.17) is 34.8 Å². The maximum Gasteiger partial charge on any atom is 0.226 e. The van der Waals surface area contributed by atoms with Gasteiger partial charge in [0.25, 0.3) is 0 Å². The number of hydrogen-bond donors (Lipinski definition) is 0. The quantitative estimate of drug-likeness (QED) is 0.533. The highest BCUT2D eigenvalue weighted by molar-refractivity contribution is 6.75. The molecule has 0 amide bonds. The molecule has 3 nitrogen and oxygen atoms in total. The van der Waals surface area contributed by atoms with E-state index >= 15 is 0 Å². The molecule has 1 aliphatic heterocycles. The lowest BCUT2D eigenvalue weighted by atomic mass is 10.7. The van der Waals surface area contributed by atoms with Crippen molar-refractivity contribution >= 4 is 50.6 Å². The van der Waals surface area contributed by atoms with Gasteiger partial charge in [0.15, 0.2) is 0 Å². The number of hydrogen-bond acceptors (Lipinski definition) is 3. The number of nitrogens with zero attached hydrogens (tertiary/aromatic N) is 3. The van der Waals surface area contributed by atoms with Gasteiger partial charge in [-0.2, -0.15) is 4.99 Å². The molecule has 54 valence electrons. The Bertz CT molecular complexity index is 230. The molecule has 0 aromatic heterocycles. The molecular weight excluding hydrogens is 196 g/mol. The standard InChI is InChI=1S/C4H2Cl3N3/c5-2-1-8-3(6)10-4(7)9-2/h1H2. The molecular formula is C4H2Cl3N3. The van der Waals surface area contributed by atoms with E-state index in [0.717, 1.165) is 0 Å². The van der Waals surface area contributed by atoms with Crippen molar-refractivity contribution in [1.29, 1.82) is 0 Å². The Morgan fingerprint density at radius 1 is 1.00 bits per heavy atom. The fraction of sp³-hybridized carbons (Fsp3) is 0.250. The molecule has 6 heteroatoms. The molecule has 0 aromatic rings. The van der Waals surface area contributed by atoms with Gasteiger partial charge in [-0.25, -0.2) is 9.98 Å². The highest BCUT2D eigenvalue weighted by Gasteiger charge is 2.02. The molecule has 0 fully saturated rings. The van der Waals surface area contributed by atoms with Crippen LogP contribution in [0.25, 0.3) is 0 Å². The molecule has 1 aliphatic rings. The molecule has 0 N–H and O–H groups in total. The Hall–Kier alpha value is -0.120. The SMILES string of the molecule is ClC1=NC(Cl)=NC(Cl)=NC1. The third-order valence-corrected chi connectivity index (χ3v) is 1.32. The Morgan fingerprint density at radius 2 is 1.70 bits per heavy atom. The minimum atomic E-state index is 0.0104. The van der Waals surface area contributed by atoms with Crippen molar-refractivity contribution in [3.05, 3.63) is 0 Å². The molecule has 0 saturated heterocycles. The predicted octanol–water partition coefficient (Wildman–Crippen LogP) is 1.83. The van der Waals surface area contributed by atoms with Crippen LogP contribution in [0.3, 0.4) is 0 Å². The Morgan fingerprint density at radius 3 is 2.40 bits per heavy atom. The summed E-state index contributed by atoms with van der Waals surface area (Å²) in [5.41, 5.74) is 0. The van der Waals surface area contributed by atoms with E-state index in [1.807, 2.05) is 0 Å². The zero-order chi connectivity index (χ0) is 7.56. The fourth-order valence-electron chi connectivity index (χ4n) is 0.402. The first-order valence-corrected chi connectivity index (χ1v) is 3.49. The fourth-order valence-corrected chi connectivity index (χ4v) is 0.951. The summed E-state index contributed by atoms with van der Waals surface area (Å²) in [7, 11) is 0. The molecule has 1 heterocycles. The lowest BCUT2D eigenvalue weighted by Crippen LogP contribution is -1.92. The van der Waals surface area contributed by atoms with Gasteiger partial charge >= 0.3 is 0 Å². The van der Waals surface area contributed by atoms with Gasteiger partial charge in [0.05, 0.1) is 6.54 Å². The van der Waals surface area contributed by atoms with E-state index in [1.54, 1.807) is 0 Å². The molecule has 0 aliphatic carbocycles. The minimum absolute atomic E-state index is 0.0104. The molecule has 0 spiro atoms. The van der Waals surface area contributed by atoms with Crippen LogP contribution < -0.4 is 0 Å². The number of halogens is 3. The van der Waals surface area contributed by atoms with Gasteiger partial charge in [0, 0.05) is 0 Å². The van der Waals surface area contributed by atoms with E-state index in [2.05, 4.69) is 15.0 Å². The van der Waals surface area contributed by atoms with Crippen LogP contribution >= 0.6 is 34.8 Å². The van der Waals surface area contributed by atoms with E-state index in [9.17, 15) is 0 Å². The van der Waals surface area contributed by atoms with Crippen molar-refractivity contribution < 1.29 is 0 Å². The summed E-state index contributed by atoms with van der Waals surface area (Å²) in [5.74, 6) is 0. The van der Waals surface area contributed by atoms with Gasteiger partial charge < -0.3 is 0 Å². The van der Waals surface area contributed by atoms with Crippen molar-refractivity contribution in [3.8, 4) is 0 Å². The average molecular weight is 198 g/mol. The zero-order valence-corrected chi connectivity index (χ0v) is 6.95. The van der Waals surface area contributed by atoms with Crippen molar-refractivity contribution in [2.75, 3.05) is 6.54 Å². The highest BCUT2D eigenvalue weighted by Crippen LogP contribution is 2.02. The molecule has 0 atom stereocenters. The summed E-state index contributed by atoms with van der Waals surface area (Å²) in [4.78, 5) is 10.9. The van der Waals surface area contributed by atoms with Gasteiger partial charge in [-0.05, 0) is 23.2 Å². The smallest absolute Gasteiger partial charge is 0.226 e. The van der Waals surface area contributed by atoms with Crippen LogP contribution in [0.4, 0.5) is 0 Å². The van der Waals surface area contributed by atoms with Crippen molar-refractivity contribution in [3.63, 3.8) is 0 Å². The number of amidine groups is 2. The van der Waals surface area contributed by atoms with Crippen LogP contribution in [0.2, 0.25) is 0 Å². The summed E-state index contributed by atoms with van der Waals surface area (Å²) < 4.78 is 0. The van der Waals surface area contributed by atoms with Gasteiger partial charge in [0.1, 0.15) is 5.17 Å². The largest absolute Gasteiger partial charge is 0.249 e. The summed E-state index contributed by atoms with van der Waals surface area (Å²) in [6.45, 7) is 0.236. The lowest BCUT2D eigenvalue weighted by Gasteiger charge is -1.84. The van der Waals surface area contributed by atoms with Crippen LogP contribution in [0.5, 0.6) is 0 Å². The Labute approximate surface area is 72.4 Å². The van der Waals surface area contributed by atoms with E-state index in [0.29, 0.717) is 0 Å². The minimum Gasteiger partial charge on any atom is -0.249 e. The van der Waals surface area contributed by atoms with Gasteiger partial charge in [-0.3, -0.25) is 0 Å². The zero-order valence-electron chi connectivity index (χ0n) is 4.68. The second-order valence-corrected chi connectivity index (χ2v) is 2.57. The predicted molar refractivity (Wildman–Crippen MR) is 44.7 cm³/mol. The van der Waals surface area contributed by atoms with Crippen LogP contribution in [0.15, 0.2) is 15.0 Å². The number of rotatable bonds is 0. The van der Waals surface area contributed by atoms with Gasteiger partial charge in [0.2, 0.25) is 10.6 Å². The number of aliphatic imine (C=N–C) groups is 3. The highest BCUT2D eigenvalue weighted by atomic mass is 35.5. The summed E-state index contributed by atoms with van der Waals surface area (Å²) in [6.07, 6.45) is 0. The van der Waals surface area contributed by atoms with Crippen LogP contribution in [-0.2, 0) is 0 Å². The molecule has 10 heavy (non-hydrogen) atoms. The van der Waals surface area contributed by atoms with Crippen molar-refractivity contribution in [2.45, 2.75) is 0 Å². The maximum atomic E-state index is 5.50. The first-order valence-electron chi connectivity index (χ1n) is 2.35. The summed E-state index contributed by atoms with van der Waals surface area (Å²) >= 11 is 16.4. The van der Waals surface area contributed by atoms with Gasteiger partial charge in [-0.15, -0.1) is 0 Å². The summed E-state index contributed by atoms with van der Waals surface area (Å²) in [5, 5.41) is 0.366. The van der Waals surface area contributed by atoms with Gasteiger partial charge in [-0.1, -0.05) is 11.6 Å². The lowest BCUT2D eigenvalue weighted by molar-refractivity contribution is 1.32. The molecule has 1 rings (SSSR count). The first kappa shape index (κ1) is 7.98. The molecule has 0 radical (unpaired) electrons. The molecule has 0 saturated carbocycles. The Kier molecular flexibility index (Phi) is 2.65. The van der Waals surface area contributed by atoms with E-state index in [-0.39, 0.29) is 22.3 Å². The molecule has 0 unspecified atom stereocenters. The first-order chi connectivity index (χ1) is 4.68. The van der Waals surface area contributed by atoms with E-state index in [1.165, 1.54) is 0 Å². The van der Waals surface area contributed by atoms with E-state index < -0.39 is 0 Å². The third kappa shape index (κ3) is 2.25. The summed E-state index contributed by atoms with van der Waals surface area (Å²) in [6, 6.07) is 0. The van der Waals surface area contributed by atoms with Crippen LogP contribution in [0.1, 0.15) is 0 Å².